The van der Waals surface area contributed by atoms with Gasteiger partial charge in [0.15, 0.2) is 0 Å². The Balaban J connectivity index is 0.00000157. The number of hydrogen-bond donors (Lipinski definition) is 2. The Morgan fingerprint density at radius 2 is 1.49 bits per heavy atom. The van der Waals surface area contributed by atoms with E-state index < -0.39 is 11.4 Å². The third-order valence-electron chi connectivity index (χ3n) is 15.8. The zero-order valence-electron chi connectivity index (χ0n) is 34.4. The Morgan fingerprint density at radius 3 is 2.08 bits per heavy atom. The number of hydrogen-bond acceptors (Lipinski definition) is 4. The minimum atomic E-state index is -0.865. The molecule has 0 aromatic heterocycles. The van der Waals surface area contributed by atoms with E-state index >= 15 is 0 Å². The van der Waals surface area contributed by atoms with Gasteiger partial charge in [0, 0.05) is 5.41 Å². The lowest BCUT2D eigenvalue weighted by molar-refractivity contribution is -0.250. The molecule has 5 heteroatoms. The lowest BCUT2D eigenvalue weighted by Crippen LogP contribution is -2.66. The van der Waals surface area contributed by atoms with Gasteiger partial charge in [-0.1, -0.05) is 95.2 Å². The minimum Gasteiger partial charge on any atom is -0.481 e. The Kier molecular flexibility index (Phi) is 13.5. The second-order valence-corrected chi connectivity index (χ2v) is 18.9. The van der Waals surface area contributed by atoms with Gasteiger partial charge in [-0.25, -0.2) is 0 Å². The largest absolute Gasteiger partial charge is 0.481 e. The number of carboxylic acids is 1. The summed E-state index contributed by atoms with van der Waals surface area (Å²) in [7, 11) is 0. The van der Waals surface area contributed by atoms with Crippen LogP contribution in [0.4, 0.5) is 0 Å². The highest BCUT2D eigenvalue weighted by Gasteiger charge is 2.71. The highest BCUT2D eigenvalue weighted by atomic mass is 16.5. The van der Waals surface area contributed by atoms with E-state index in [1.165, 1.54) is 63.4 Å². The van der Waals surface area contributed by atoms with Crippen molar-refractivity contribution in [2.75, 3.05) is 13.1 Å². The van der Waals surface area contributed by atoms with Crippen molar-refractivity contribution in [2.45, 2.75) is 180 Å². The van der Waals surface area contributed by atoms with Crippen molar-refractivity contribution < 1.29 is 19.4 Å². The molecule has 0 amide bonds. The average molecular weight is 686 g/mol. The summed E-state index contributed by atoms with van der Waals surface area (Å²) in [5.74, 6) is 2.32. The van der Waals surface area contributed by atoms with Crippen LogP contribution < -0.4 is 5.32 Å². The summed E-state index contributed by atoms with van der Waals surface area (Å²) in [4.78, 5) is 24.5. The molecule has 5 nitrogen and oxygen atoms in total. The molecule has 0 radical (unpaired) electrons. The fraction of sp³-hybridized carbons (Fsp3) is 0.909. The number of ether oxygens (including phenoxy) is 1. The van der Waals surface area contributed by atoms with Crippen LogP contribution in [-0.4, -0.2) is 36.2 Å². The van der Waals surface area contributed by atoms with Gasteiger partial charge in [0.25, 0.3) is 0 Å². The molecule has 0 aliphatic heterocycles. The molecule has 2 N–H and O–H groups in total. The van der Waals surface area contributed by atoms with Crippen molar-refractivity contribution in [2.24, 2.45) is 62.1 Å². The maximum Gasteiger partial charge on any atom is 0.306 e. The van der Waals surface area contributed by atoms with Crippen LogP contribution in [0, 0.1) is 62.1 Å². The van der Waals surface area contributed by atoms with E-state index in [0.717, 1.165) is 37.8 Å². The van der Waals surface area contributed by atoms with E-state index in [2.05, 4.69) is 60.4 Å². The van der Waals surface area contributed by atoms with Gasteiger partial charge in [0.05, 0.1) is 12.8 Å². The summed E-state index contributed by atoms with van der Waals surface area (Å²) in [5.41, 5.74) is 2.09. The molecule has 4 unspecified atom stereocenters. The Morgan fingerprint density at radius 1 is 0.837 bits per heavy atom. The van der Waals surface area contributed by atoms with E-state index in [-0.39, 0.29) is 35.7 Å². The van der Waals surface area contributed by atoms with Crippen LogP contribution in [0.3, 0.4) is 0 Å². The lowest BCUT2D eigenvalue weighted by atomic mass is 9.32. The van der Waals surface area contributed by atoms with Crippen molar-refractivity contribution in [3.63, 3.8) is 0 Å². The fourth-order valence-electron chi connectivity index (χ4n) is 13.5. The van der Waals surface area contributed by atoms with Crippen LogP contribution in [0.1, 0.15) is 173 Å². The number of carbonyl (C=O) groups excluding carboxylic acids is 1. The molecule has 5 fully saturated rings. The summed E-state index contributed by atoms with van der Waals surface area (Å²) < 4.78 is 6.27. The third kappa shape index (κ3) is 7.46. The number of nitrogens with one attached hydrogen (secondary N) is 1. The Bertz CT molecular complexity index is 1160. The predicted octanol–water partition coefficient (Wildman–Crippen LogP) is 11.5. The van der Waals surface area contributed by atoms with Crippen LogP contribution in [0.15, 0.2) is 12.2 Å². The van der Waals surface area contributed by atoms with Crippen molar-refractivity contribution in [1.29, 1.82) is 0 Å². The maximum absolute atomic E-state index is 13.2. The molecule has 5 rings (SSSR count). The van der Waals surface area contributed by atoms with Gasteiger partial charge in [-0.2, -0.15) is 0 Å². The second kappa shape index (κ2) is 15.7. The molecule has 284 valence electrons. The van der Waals surface area contributed by atoms with E-state index in [4.69, 9.17) is 4.74 Å². The zero-order valence-corrected chi connectivity index (χ0v) is 34.4. The van der Waals surface area contributed by atoms with Gasteiger partial charge in [0.2, 0.25) is 0 Å². The van der Waals surface area contributed by atoms with Crippen LogP contribution >= 0.6 is 0 Å². The molecule has 0 aromatic carbocycles. The van der Waals surface area contributed by atoms with Crippen LogP contribution in [-0.2, 0) is 14.3 Å². The molecule has 49 heavy (non-hydrogen) atoms. The molecule has 0 aromatic rings. The molecule has 0 heterocycles. The number of allylic oxidation sites excluding steroid dienone is 1. The molecule has 5 aliphatic rings. The number of fused-ring (bicyclic) bond motifs is 7. The highest BCUT2D eigenvalue weighted by Crippen LogP contribution is 2.78. The number of esters is 1. The zero-order chi connectivity index (χ0) is 37.2. The molecule has 10 atom stereocenters. The Labute approximate surface area is 303 Å². The quantitative estimate of drug-likeness (QED) is 0.136. The molecule has 5 saturated carbocycles. The number of aliphatic carboxylic acids is 1. The molecule has 0 spiro atoms. The van der Waals surface area contributed by atoms with Crippen molar-refractivity contribution in [3.05, 3.63) is 12.2 Å². The number of carboxylic acid groups (broad SMARTS) is 1. The van der Waals surface area contributed by atoms with Crippen molar-refractivity contribution in [3.8, 4) is 0 Å². The minimum absolute atomic E-state index is 0.0262. The molecule has 5 aliphatic carbocycles. The first-order chi connectivity index (χ1) is 22.9. The summed E-state index contributed by atoms with van der Waals surface area (Å²) in [6.07, 6.45) is 14.0. The molecule has 0 saturated heterocycles. The van der Waals surface area contributed by atoms with Gasteiger partial charge in [-0.3, -0.25) is 9.59 Å². The number of rotatable bonds is 10. The first-order valence-corrected chi connectivity index (χ1v) is 20.6. The first-order valence-electron chi connectivity index (χ1n) is 20.6. The smallest absolute Gasteiger partial charge is 0.306 e. The third-order valence-corrected chi connectivity index (χ3v) is 15.8. The highest BCUT2D eigenvalue weighted by molar-refractivity contribution is 5.73. The summed E-state index contributed by atoms with van der Waals surface area (Å²) in [5, 5.41) is 13.0. The molecular weight excluding hydrogens is 606 g/mol. The fourth-order valence-corrected chi connectivity index (χ4v) is 13.5. The lowest BCUT2D eigenvalue weighted by Gasteiger charge is -2.73. The summed E-state index contributed by atoms with van der Waals surface area (Å²) in [6, 6.07) is 0. The maximum atomic E-state index is 13.2. The van der Waals surface area contributed by atoms with Crippen LogP contribution in [0.25, 0.3) is 0 Å². The number of carbonyl (C=O) groups is 2. The second-order valence-electron chi connectivity index (χ2n) is 18.9. The molecular formula is C44H79NO4. The SMILES string of the molecule is C=C(C)[C@@H]1CC[C@]2(CCNCC)CC[C@]3(C)[C@H](CCC4[C@@]5(C)CCC(OC(=O)CC(C)(C)CC(=O)O)C(C)(C)C5CC[C@]43C)C12.CC.CC. The standard InChI is InChI=1S/C40H67NO4.2C2H6/c1-11-41-23-22-40-19-14-27(26(2)3)34(40)28-12-13-30-37(8)17-16-31(45-33(44)25-35(4,5)24-32(42)43)36(6,7)29(37)15-18-39(30,10)38(28,9)20-21-40;2*1-2/h27-31,34,41H,2,11-25H2,1,3-10H3,(H,42,43);2*1-2H3/t27-,28+,29?,30?,31?,34?,37-,38+,39+,40+;;/m0../s1. The van der Waals surface area contributed by atoms with Gasteiger partial charge in [-0.15, -0.1) is 0 Å². The van der Waals surface area contributed by atoms with E-state index in [1.807, 2.05) is 41.5 Å². The Hall–Kier alpha value is -1.36. The summed E-state index contributed by atoms with van der Waals surface area (Å²) >= 11 is 0. The van der Waals surface area contributed by atoms with Gasteiger partial charge >= 0.3 is 11.9 Å². The molecule has 0 bridgehead atoms. The topological polar surface area (TPSA) is 75.6 Å². The van der Waals surface area contributed by atoms with E-state index in [0.29, 0.717) is 34.0 Å². The normalized spacial score (nSPS) is 40.4. The average Bonchev–Trinajstić information content (AvgIpc) is 3.40. The van der Waals surface area contributed by atoms with Gasteiger partial charge in [0.1, 0.15) is 6.10 Å². The van der Waals surface area contributed by atoms with Crippen LogP contribution in [0.5, 0.6) is 0 Å². The predicted molar refractivity (Wildman–Crippen MR) is 205 cm³/mol. The van der Waals surface area contributed by atoms with Crippen LogP contribution in [0.2, 0.25) is 0 Å². The summed E-state index contributed by atoms with van der Waals surface area (Å²) in [6.45, 7) is 35.8. The monoisotopic (exact) mass is 686 g/mol. The van der Waals surface area contributed by atoms with E-state index in [1.54, 1.807) is 0 Å². The van der Waals surface area contributed by atoms with Crippen molar-refractivity contribution in [1.82, 2.24) is 5.32 Å². The van der Waals surface area contributed by atoms with Gasteiger partial charge in [-0.05, 0) is 147 Å². The first kappa shape index (κ1) is 42.1. The van der Waals surface area contributed by atoms with E-state index in [9.17, 15) is 14.7 Å². The van der Waals surface area contributed by atoms with Crippen molar-refractivity contribution >= 4 is 11.9 Å². The van der Waals surface area contributed by atoms with Gasteiger partial charge < -0.3 is 15.2 Å².